The van der Waals surface area contributed by atoms with Crippen molar-refractivity contribution in [1.29, 1.82) is 0 Å². The number of ether oxygens (including phenoxy) is 1. The number of carbonyl (C=O) groups excluding carboxylic acids is 1. The molecule has 2 N–H and O–H groups in total. The molecule has 5 rings (SSSR count). The molecule has 0 unspecified atom stereocenters. The number of aromatic nitrogens is 2. The van der Waals surface area contributed by atoms with Crippen molar-refractivity contribution < 1.29 is 14.6 Å². The Morgan fingerprint density at radius 3 is 2.40 bits per heavy atom. The van der Waals surface area contributed by atoms with Crippen LogP contribution in [0.1, 0.15) is 39.2 Å². The smallest absolute Gasteiger partial charge is 0.408 e. The first-order valence-corrected chi connectivity index (χ1v) is 13.2. The van der Waals surface area contributed by atoms with Crippen molar-refractivity contribution in [3.05, 3.63) is 71.9 Å². The van der Waals surface area contributed by atoms with Crippen molar-refractivity contribution in [1.82, 2.24) is 15.3 Å². The van der Waals surface area contributed by atoms with Gasteiger partial charge in [0.15, 0.2) is 0 Å². The van der Waals surface area contributed by atoms with E-state index in [0.717, 1.165) is 37.1 Å². The maximum atomic E-state index is 12.5. The standard InChI is InChI=1S/C27H27N3O3S2/c1-26(2,3)33-25(32)30-27(13-20(31)14-27)19-11-9-17(10-12-19)22-23(18-7-5-4-6-8-18)35-24(29-22)21-15-28-16-34-21/h4-12,15-16,20,31H,13-14H2,1-3H3,(H,30,32)/t20-,27-. The molecule has 1 amide bonds. The number of nitrogens with one attached hydrogen (secondary N) is 1. The molecule has 0 radical (unpaired) electrons. The van der Waals surface area contributed by atoms with E-state index >= 15 is 0 Å². The van der Waals surface area contributed by atoms with Gasteiger partial charge in [0.2, 0.25) is 0 Å². The summed E-state index contributed by atoms with van der Waals surface area (Å²) in [5.41, 5.74) is 4.55. The van der Waals surface area contributed by atoms with E-state index in [1.54, 1.807) is 22.7 Å². The van der Waals surface area contributed by atoms with Gasteiger partial charge in [-0.25, -0.2) is 9.78 Å². The minimum Gasteiger partial charge on any atom is -0.444 e. The molecule has 2 aromatic carbocycles. The van der Waals surface area contributed by atoms with E-state index in [-0.39, 0.29) is 0 Å². The number of nitrogens with zero attached hydrogens (tertiary/aromatic N) is 2. The molecule has 2 heterocycles. The number of hydrogen-bond acceptors (Lipinski definition) is 7. The van der Waals surface area contributed by atoms with Crippen LogP contribution < -0.4 is 5.32 Å². The molecular weight excluding hydrogens is 478 g/mol. The normalized spacial score (nSPS) is 19.7. The van der Waals surface area contributed by atoms with E-state index in [1.807, 2.05) is 74.9 Å². The van der Waals surface area contributed by atoms with Crippen LogP contribution in [0.2, 0.25) is 0 Å². The Balaban J connectivity index is 1.48. The molecule has 1 aliphatic carbocycles. The first kappa shape index (κ1) is 23.7. The lowest BCUT2D eigenvalue weighted by Gasteiger charge is -2.46. The van der Waals surface area contributed by atoms with Gasteiger partial charge >= 0.3 is 6.09 Å². The van der Waals surface area contributed by atoms with E-state index < -0.39 is 23.3 Å². The van der Waals surface area contributed by atoms with Crippen LogP contribution in [0.3, 0.4) is 0 Å². The molecule has 4 aromatic rings. The summed E-state index contributed by atoms with van der Waals surface area (Å²) in [5, 5.41) is 14.0. The van der Waals surface area contributed by atoms with Crippen LogP contribution in [0.4, 0.5) is 4.79 Å². The minimum atomic E-state index is -0.640. The quantitative estimate of drug-likeness (QED) is 0.324. The Hall–Kier alpha value is -3.07. The number of hydrogen-bond donors (Lipinski definition) is 2. The summed E-state index contributed by atoms with van der Waals surface area (Å²) in [7, 11) is 0. The van der Waals surface area contributed by atoms with Crippen molar-refractivity contribution in [3.63, 3.8) is 0 Å². The van der Waals surface area contributed by atoms with Crippen molar-refractivity contribution in [2.75, 3.05) is 0 Å². The highest BCUT2D eigenvalue weighted by molar-refractivity contribution is 7.23. The van der Waals surface area contributed by atoms with Crippen LogP contribution in [0, 0.1) is 0 Å². The molecule has 0 aliphatic heterocycles. The molecule has 0 spiro atoms. The first-order valence-electron chi connectivity index (χ1n) is 11.5. The Labute approximate surface area is 212 Å². The van der Waals surface area contributed by atoms with E-state index in [0.29, 0.717) is 12.8 Å². The highest BCUT2D eigenvalue weighted by Gasteiger charge is 2.47. The average Bonchev–Trinajstić information content (AvgIpc) is 3.47. The number of amides is 1. The Morgan fingerprint density at radius 2 is 1.80 bits per heavy atom. The minimum absolute atomic E-state index is 0.449. The maximum Gasteiger partial charge on any atom is 0.408 e. The van der Waals surface area contributed by atoms with Gasteiger partial charge in [-0.05, 0) is 31.9 Å². The second-order valence-electron chi connectivity index (χ2n) is 9.78. The zero-order valence-electron chi connectivity index (χ0n) is 19.8. The largest absolute Gasteiger partial charge is 0.444 e. The van der Waals surface area contributed by atoms with Crippen LogP contribution in [0.25, 0.3) is 31.6 Å². The molecule has 35 heavy (non-hydrogen) atoms. The van der Waals surface area contributed by atoms with Crippen LogP contribution in [-0.2, 0) is 10.3 Å². The van der Waals surface area contributed by atoms with Crippen molar-refractivity contribution >= 4 is 28.8 Å². The molecule has 0 bridgehead atoms. The maximum absolute atomic E-state index is 12.5. The number of carbonyl (C=O) groups is 1. The Kier molecular flexibility index (Phi) is 6.21. The molecule has 1 aliphatic rings. The molecule has 0 atom stereocenters. The van der Waals surface area contributed by atoms with Gasteiger partial charge < -0.3 is 15.2 Å². The van der Waals surface area contributed by atoms with Crippen LogP contribution in [0.15, 0.2) is 66.3 Å². The molecule has 0 saturated heterocycles. The zero-order chi connectivity index (χ0) is 24.6. The van der Waals surface area contributed by atoms with Gasteiger partial charge in [0.1, 0.15) is 10.6 Å². The van der Waals surface area contributed by atoms with Gasteiger partial charge in [-0.1, -0.05) is 54.6 Å². The third kappa shape index (κ3) is 5.00. The van der Waals surface area contributed by atoms with Crippen molar-refractivity contribution in [2.45, 2.75) is 50.9 Å². The van der Waals surface area contributed by atoms with Gasteiger partial charge in [-0.15, -0.1) is 22.7 Å². The summed E-state index contributed by atoms with van der Waals surface area (Å²) in [4.78, 5) is 23.9. The monoisotopic (exact) mass is 505 g/mol. The predicted molar refractivity (Wildman–Crippen MR) is 140 cm³/mol. The Bertz CT molecular complexity index is 1300. The van der Waals surface area contributed by atoms with E-state index in [9.17, 15) is 9.90 Å². The highest BCUT2D eigenvalue weighted by atomic mass is 32.1. The summed E-state index contributed by atoms with van der Waals surface area (Å²) in [5.74, 6) is 0. The number of benzene rings is 2. The van der Waals surface area contributed by atoms with Gasteiger partial charge in [-0.2, -0.15) is 0 Å². The number of rotatable bonds is 5. The number of alkyl carbamates (subject to hydrolysis) is 1. The molecule has 8 heteroatoms. The topological polar surface area (TPSA) is 84.3 Å². The second-order valence-corrected chi connectivity index (χ2v) is 11.7. The Morgan fingerprint density at radius 1 is 1.09 bits per heavy atom. The SMILES string of the molecule is CC(C)(C)OC(=O)N[C@]1(c2ccc(-c3nc(-c4cncs4)sc3-c3ccccc3)cc2)C[C@@H](O)C1. The fourth-order valence-electron chi connectivity index (χ4n) is 4.33. The third-order valence-electron chi connectivity index (χ3n) is 5.93. The summed E-state index contributed by atoms with van der Waals surface area (Å²) < 4.78 is 5.48. The van der Waals surface area contributed by atoms with Crippen molar-refractivity contribution in [2.24, 2.45) is 0 Å². The first-order chi connectivity index (χ1) is 16.7. The molecule has 6 nitrogen and oxygen atoms in total. The molecule has 2 aromatic heterocycles. The van der Waals surface area contributed by atoms with Gasteiger partial charge in [-0.3, -0.25) is 4.98 Å². The molecule has 1 saturated carbocycles. The lowest BCUT2D eigenvalue weighted by atomic mass is 9.69. The van der Waals surface area contributed by atoms with E-state index in [1.165, 1.54) is 0 Å². The summed E-state index contributed by atoms with van der Waals surface area (Å²) in [6.07, 6.45) is 1.82. The second kappa shape index (κ2) is 9.18. The third-order valence-corrected chi connectivity index (χ3v) is 7.97. The molecular formula is C27H27N3O3S2. The fraction of sp³-hybridized carbons (Fsp3) is 0.296. The average molecular weight is 506 g/mol. The van der Waals surface area contributed by atoms with E-state index in [4.69, 9.17) is 9.72 Å². The lowest BCUT2D eigenvalue weighted by molar-refractivity contribution is -0.0124. The number of aliphatic hydroxyl groups excluding tert-OH is 1. The molecule has 1 fully saturated rings. The summed E-state index contributed by atoms with van der Waals surface area (Å²) >= 11 is 3.23. The fourth-order valence-corrected chi connectivity index (χ4v) is 6.10. The van der Waals surface area contributed by atoms with Crippen molar-refractivity contribution in [3.8, 4) is 31.6 Å². The van der Waals surface area contributed by atoms with Gasteiger partial charge in [0.25, 0.3) is 0 Å². The predicted octanol–water partition coefficient (Wildman–Crippen LogP) is 6.48. The van der Waals surface area contributed by atoms with Gasteiger partial charge in [0, 0.05) is 24.6 Å². The van der Waals surface area contributed by atoms with Crippen LogP contribution in [0.5, 0.6) is 0 Å². The van der Waals surface area contributed by atoms with E-state index in [2.05, 4.69) is 22.4 Å². The van der Waals surface area contributed by atoms with Crippen LogP contribution >= 0.6 is 22.7 Å². The summed E-state index contributed by atoms with van der Waals surface area (Å²) in [6.45, 7) is 5.51. The number of aliphatic hydroxyl groups is 1. The van der Waals surface area contributed by atoms with Crippen LogP contribution in [-0.4, -0.2) is 32.9 Å². The molecule has 180 valence electrons. The van der Waals surface area contributed by atoms with Gasteiger partial charge in [0.05, 0.1) is 32.6 Å². The highest BCUT2D eigenvalue weighted by Crippen LogP contribution is 2.44. The zero-order valence-corrected chi connectivity index (χ0v) is 21.5. The number of thiazole rings is 2. The lowest BCUT2D eigenvalue weighted by Crippen LogP contribution is -2.57. The summed E-state index contributed by atoms with van der Waals surface area (Å²) in [6, 6.07) is 18.4.